The third kappa shape index (κ3) is 4.13. The Labute approximate surface area is 87.4 Å². The van der Waals surface area contributed by atoms with Crippen LogP contribution >= 0.6 is 0 Å². The van der Waals surface area contributed by atoms with E-state index in [2.05, 4.69) is 18.2 Å². The first kappa shape index (κ1) is 11.6. The Bertz CT molecular complexity index is 179. The minimum Gasteiger partial charge on any atom is -0.378 e. The van der Waals surface area contributed by atoms with Crippen molar-refractivity contribution in [2.75, 3.05) is 13.2 Å². The van der Waals surface area contributed by atoms with Crippen LogP contribution in [0.2, 0.25) is 0 Å². The molecule has 0 aromatic heterocycles. The zero-order valence-electron chi connectivity index (χ0n) is 9.09. The summed E-state index contributed by atoms with van der Waals surface area (Å²) in [5.74, 6) is 2.78. The van der Waals surface area contributed by atoms with Crippen LogP contribution < -0.4 is 5.32 Å². The van der Waals surface area contributed by atoms with Crippen LogP contribution in [-0.2, 0) is 4.74 Å². The Morgan fingerprint density at radius 2 is 2.43 bits per heavy atom. The van der Waals surface area contributed by atoms with Crippen LogP contribution in [0.4, 0.5) is 0 Å². The molecule has 2 atom stereocenters. The van der Waals surface area contributed by atoms with E-state index in [-0.39, 0.29) is 6.04 Å². The molecule has 80 valence electrons. The second-order valence-corrected chi connectivity index (χ2v) is 3.84. The Morgan fingerprint density at radius 1 is 1.57 bits per heavy atom. The van der Waals surface area contributed by atoms with Crippen molar-refractivity contribution in [1.29, 1.82) is 0 Å². The Kier molecular flexibility index (Phi) is 5.66. The largest absolute Gasteiger partial charge is 0.378 e. The second kappa shape index (κ2) is 6.86. The van der Waals surface area contributed by atoms with E-state index in [0.29, 0.717) is 6.10 Å². The molecular weight excluding hydrogens is 174 g/mol. The van der Waals surface area contributed by atoms with Crippen molar-refractivity contribution in [2.24, 2.45) is 0 Å². The molecule has 2 heteroatoms. The van der Waals surface area contributed by atoms with E-state index in [1.165, 1.54) is 19.3 Å². The molecule has 0 aromatic carbocycles. The van der Waals surface area contributed by atoms with Crippen LogP contribution in [0.5, 0.6) is 0 Å². The van der Waals surface area contributed by atoms with Gasteiger partial charge in [-0.05, 0) is 38.6 Å². The SMILES string of the molecule is C#CC(CCC1CCCCO1)NCC. The van der Waals surface area contributed by atoms with Crippen LogP contribution in [0.25, 0.3) is 0 Å². The molecule has 2 unspecified atom stereocenters. The van der Waals surface area contributed by atoms with Gasteiger partial charge in [0.1, 0.15) is 0 Å². The molecule has 1 N–H and O–H groups in total. The van der Waals surface area contributed by atoms with Crippen molar-refractivity contribution >= 4 is 0 Å². The highest BCUT2D eigenvalue weighted by Gasteiger charge is 2.15. The Balaban J connectivity index is 2.14. The minimum atomic E-state index is 0.227. The summed E-state index contributed by atoms with van der Waals surface area (Å²) in [7, 11) is 0. The predicted molar refractivity (Wildman–Crippen MR) is 59.1 cm³/mol. The molecule has 0 amide bonds. The number of rotatable bonds is 5. The Morgan fingerprint density at radius 3 is 3.00 bits per heavy atom. The standard InChI is InChI=1S/C12H21NO/c1-3-11(13-4-2)8-9-12-7-5-6-10-14-12/h1,11-13H,4-10H2,2H3. The van der Waals surface area contributed by atoms with Gasteiger partial charge in [-0.25, -0.2) is 0 Å². The van der Waals surface area contributed by atoms with E-state index in [4.69, 9.17) is 11.2 Å². The van der Waals surface area contributed by atoms with Gasteiger partial charge in [0.05, 0.1) is 12.1 Å². The summed E-state index contributed by atoms with van der Waals surface area (Å²) in [6.45, 7) is 3.97. The summed E-state index contributed by atoms with van der Waals surface area (Å²) in [5, 5.41) is 3.28. The monoisotopic (exact) mass is 195 g/mol. The fourth-order valence-corrected chi connectivity index (χ4v) is 1.88. The highest BCUT2D eigenvalue weighted by Crippen LogP contribution is 2.17. The van der Waals surface area contributed by atoms with Crippen molar-refractivity contribution in [3.05, 3.63) is 0 Å². The van der Waals surface area contributed by atoms with Gasteiger partial charge in [0, 0.05) is 6.61 Å². The summed E-state index contributed by atoms with van der Waals surface area (Å²) in [6, 6.07) is 0.227. The van der Waals surface area contributed by atoms with Gasteiger partial charge in [0.15, 0.2) is 0 Å². The molecule has 0 saturated carbocycles. The smallest absolute Gasteiger partial charge is 0.0687 e. The lowest BCUT2D eigenvalue weighted by Crippen LogP contribution is -2.29. The maximum absolute atomic E-state index is 5.65. The number of ether oxygens (including phenoxy) is 1. The van der Waals surface area contributed by atoms with Gasteiger partial charge in [-0.15, -0.1) is 6.42 Å². The number of hydrogen-bond donors (Lipinski definition) is 1. The molecule has 0 spiro atoms. The molecule has 1 heterocycles. The van der Waals surface area contributed by atoms with Gasteiger partial charge in [0.25, 0.3) is 0 Å². The van der Waals surface area contributed by atoms with Gasteiger partial charge in [0.2, 0.25) is 0 Å². The van der Waals surface area contributed by atoms with Crippen LogP contribution in [0.1, 0.15) is 39.0 Å². The van der Waals surface area contributed by atoms with Gasteiger partial charge in [-0.3, -0.25) is 0 Å². The molecule has 1 rings (SSSR count). The molecule has 0 radical (unpaired) electrons. The molecule has 14 heavy (non-hydrogen) atoms. The van der Waals surface area contributed by atoms with E-state index in [1.807, 2.05) is 0 Å². The van der Waals surface area contributed by atoms with Crippen molar-refractivity contribution < 1.29 is 4.74 Å². The molecular formula is C12H21NO. The van der Waals surface area contributed by atoms with Crippen molar-refractivity contribution in [1.82, 2.24) is 5.32 Å². The number of terminal acetylenes is 1. The minimum absolute atomic E-state index is 0.227. The molecule has 1 aliphatic rings. The summed E-state index contributed by atoms with van der Waals surface area (Å²) >= 11 is 0. The van der Waals surface area contributed by atoms with Crippen molar-refractivity contribution in [3.8, 4) is 12.3 Å². The average molecular weight is 195 g/mol. The van der Waals surface area contributed by atoms with Gasteiger partial charge < -0.3 is 10.1 Å². The van der Waals surface area contributed by atoms with Crippen LogP contribution in [0.15, 0.2) is 0 Å². The van der Waals surface area contributed by atoms with Crippen molar-refractivity contribution in [2.45, 2.75) is 51.2 Å². The van der Waals surface area contributed by atoms with Gasteiger partial charge in [-0.2, -0.15) is 0 Å². The summed E-state index contributed by atoms with van der Waals surface area (Å²) in [4.78, 5) is 0. The van der Waals surface area contributed by atoms with Gasteiger partial charge in [-0.1, -0.05) is 12.8 Å². The molecule has 2 nitrogen and oxygen atoms in total. The zero-order chi connectivity index (χ0) is 10.2. The molecule has 1 aliphatic heterocycles. The predicted octanol–water partition coefficient (Wildman–Crippen LogP) is 1.95. The zero-order valence-corrected chi connectivity index (χ0v) is 9.09. The topological polar surface area (TPSA) is 21.3 Å². The Hall–Kier alpha value is -0.520. The lowest BCUT2D eigenvalue weighted by Gasteiger charge is -2.23. The average Bonchev–Trinajstić information content (AvgIpc) is 2.25. The fourth-order valence-electron chi connectivity index (χ4n) is 1.88. The number of nitrogens with one attached hydrogen (secondary N) is 1. The maximum Gasteiger partial charge on any atom is 0.0687 e. The van der Waals surface area contributed by atoms with Gasteiger partial charge >= 0.3 is 0 Å². The van der Waals surface area contributed by atoms with Crippen LogP contribution in [0.3, 0.4) is 0 Å². The molecule has 1 saturated heterocycles. The van der Waals surface area contributed by atoms with E-state index >= 15 is 0 Å². The highest BCUT2D eigenvalue weighted by atomic mass is 16.5. The van der Waals surface area contributed by atoms with E-state index in [0.717, 1.165) is 26.0 Å². The first-order valence-electron chi connectivity index (χ1n) is 5.68. The van der Waals surface area contributed by atoms with Crippen molar-refractivity contribution in [3.63, 3.8) is 0 Å². The lowest BCUT2D eigenvalue weighted by molar-refractivity contribution is 0.00941. The lowest BCUT2D eigenvalue weighted by atomic mass is 10.0. The molecule has 0 bridgehead atoms. The van der Waals surface area contributed by atoms with Crippen LogP contribution in [-0.4, -0.2) is 25.3 Å². The third-order valence-corrected chi connectivity index (χ3v) is 2.70. The number of hydrogen-bond acceptors (Lipinski definition) is 2. The highest BCUT2D eigenvalue weighted by molar-refractivity contribution is 4.98. The quantitative estimate of drug-likeness (QED) is 0.677. The third-order valence-electron chi connectivity index (χ3n) is 2.70. The fraction of sp³-hybridized carbons (Fsp3) is 0.833. The first-order chi connectivity index (χ1) is 6.86. The summed E-state index contributed by atoms with van der Waals surface area (Å²) < 4.78 is 5.65. The molecule has 1 fully saturated rings. The first-order valence-corrected chi connectivity index (χ1v) is 5.68. The second-order valence-electron chi connectivity index (χ2n) is 3.84. The van der Waals surface area contributed by atoms with E-state index in [9.17, 15) is 0 Å². The molecule has 0 aromatic rings. The van der Waals surface area contributed by atoms with Crippen LogP contribution in [0, 0.1) is 12.3 Å². The summed E-state index contributed by atoms with van der Waals surface area (Å²) in [5.41, 5.74) is 0. The summed E-state index contributed by atoms with van der Waals surface area (Å²) in [6.07, 6.45) is 11.8. The van der Waals surface area contributed by atoms with E-state index < -0.39 is 0 Å². The maximum atomic E-state index is 5.65. The van der Waals surface area contributed by atoms with E-state index in [1.54, 1.807) is 0 Å². The normalized spacial score (nSPS) is 24.1. The molecule has 0 aliphatic carbocycles.